The molecule has 0 spiro atoms. The first-order valence-electron chi connectivity index (χ1n) is 7.89. The normalized spacial score (nSPS) is 17.9. The van der Waals surface area contributed by atoms with Crippen LogP contribution in [-0.2, 0) is 0 Å². The molecule has 0 aliphatic carbocycles. The predicted octanol–water partition coefficient (Wildman–Crippen LogP) is 5.61. The van der Waals surface area contributed by atoms with Crippen molar-refractivity contribution in [3.63, 3.8) is 0 Å². The third-order valence-corrected chi connectivity index (χ3v) is 4.12. The minimum atomic E-state index is 0. The van der Waals surface area contributed by atoms with E-state index in [0.717, 1.165) is 41.7 Å². The number of nitrogens with zero attached hydrogens (tertiary/aromatic N) is 1. The average molecular weight is 333 g/mol. The highest BCUT2D eigenvalue weighted by molar-refractivity contribution is 6.31. The molecule has 2 aromatic rings. The van der Waals surface area contributed by atoms with E-state index in [2.05, 4.69) is 22.3 Å². The molecule has 0 bridgehead atoms. The summed E-state index contributed by atoms with van der Waals surface area (Å²) in [5.41, 5.74) is 2.24. The van der Waals surface area contributed by atoms with E-state index in [4.69, 9.17) is 16.3 Å². The summed E-state index contributed by atoms with van der Waals surface area (Å²) < 4.78 is 6.11. The Kier molecular flexibility index (Phi) is 5.91. The quantitative estimate of drug-likeness (QED) is 0.679. The van der Waals surface area contributed by atoms with Gasteiger partial charge in [-0.25, -0.2) is 0 Å². The van der Waals surface area contributed by atoms with Crippen LogP contribution >= 0.6 is 11.6 Å². The van der Waals surface area contributed by atoms with Crippen molar-refractivity contribution in [3.8, 4) is 11.5 Å². The first-order chi connectivity index (χ1) is 10.8. The molecule has 3 nitrogen and oxygen atoms in total. The molecule has 1 unspecified atom stereocenters. The molecular formula is C19H25ClN2O. The molecule has 0 radical (unpaired) electrons. The van der Waals surface area contributed by atoms with Crippen LogP contribution in [0, 0.1) is 0 Å². The van der Waals surface area contributed by atoms with Gasteiger partial charge in [0.25, 0.3) is 0 Å². The number of hydrogen-bond donors (Lipinski definition) is 1. The zero-order valence-corrected chi connectivity index (χ0v) is 13.7. The van der Waals surface area contributed by atoms with E-state index in [1.54, 1.807) is 0 Å². The number of halogens is 1. The molecule has 1 fully saturated rings. The highest BCUT2D eigenvalue weighted by Crippen LogP contribution is 2.44. The molecular weight excluding hydrogens is 308 g/mol. The number of anilines is 1. The lowest BCUT2D eigenvalue weighted by Gasteiger charge is -2.37. The fourth-order valence-electron chi connectivity index (χ4n) is 2.98. The van der Waals surface area contributed by atoms with E-state index in [9.17, 15) is 0 Å². The van der Waals surface area contributed by atoms with Gasteiger partial charge in [0.2, 0.25) is 0 Å². The number of rotatable bonds is 0. The monoisotopic (exact) mass is 332 g/mol. The summed E-state index contributed by atoms with van der Waals surface area (Å²) in [5, 5.41) is 4.32. The Morgan fingerprint density at radius 2 is 1.91 bits per heavy atom. The summed E-state index contributed by atoms with van der Waals surface area (Å²) >= 11 is 6.17. The van der Waals surface area contributed by atoms with Crippen LogP contribution in [0.2, 0.25) is 5.02 Å². The van der Waals surface area contributed by atoms with E-state index in [1.165, 1.54) is 5.56 Å². The summed E-state index contributed by atoms with van der Waals surface area (Å²) in [5.74, 6) is 1.78. The number of para-hydroxylation sites is 1. The van der Waals surface area contributed by atoms with E-state index >= 15 is 0 Å². The molecule has 0 saturated carbocycles. The Bertz CT molecular complexity index is 660. The largest absolute Gasteiger partial charge is 0.455 e. The van der Waals surface area contributed by atoms with Gasteiger partial charge >= 0.3 is 0 Å². The molecule has 1 atom stereocenters. The molecule has 23 heavy (non-hydrogen) atoms. The molecule has 2 heterocycles. The van der Waals surface area contributed by atoms with Crippen LogP contribution in [0.3, 0.4) is 0 Å². The third kappa shape index (κ3) is 3.31. The molecule has 1 N–H and O–H groups in total. The van der Waals surface area contributed by atoms with E-state index < -0.39 is 0 Å². The maximum absolute atomic E-state index is 6.17. The summed E-state index contributed by atoms with van der Waals surface area (Å²) in [4.78, 5) is 2.34. The van der Waals surface area contributed by atoms with Crippen LogP contribution in [0.15, 0.2) is 42.5 Å². The van der Waals surface area contributed by atoms with Gasteiger partial charge in [-0.1, -0.05) is 51.1 Å². The van der Waals surface area contributed by atoms with E-state index in [1.807, 2.05) is 44.2 Å². The van der Waals surface area contributed by atoms with Crippen LogP contribution in [0.5, 0.6) is 11.5 Å². The van der Waals surface area contributed by atoms with Gasteiger partial charge in [0.15, 0.2) is 5.75 Å². The number of hydrogen-bond acceptors (Lipinski definition) is 3. The molecule has 124 valence electrons. The topological polar surface area (TPSA) is 24.5 Å². The highest BCUT2D eigenvalue weighted by Gasteiger charge is 2.31. The van der Waals surface area contributed by atoms with Crippen molar-refractivity contribution in [2.75, 3.05) is 18.0 Å². The predicted molar refractivity (Wildman–Crippen MR) is 98.8 cm³/mol. The number of fused-ring (bicyclic) bond motifs is 5. The maximum Gasteiger partial charge on any atom is 0.150 e. The lowest BCUT2D eigenvalue weighted by molar-refractivity contribution is 0.435. The second kappa shape index (κ2) is 7.71. The first kappa shape index (κ1) is 17.6. The average Bonchev–Trinajstić information content (AvgIpc) is 2.72. The van der Waals surface area contributed by atoms with Gasteiger partial charge in [0.05, 0.1) is 5.69 Å². The molecule has 4 rings (SSSR count). The van der Waals surface area contributed by atoms with Gasteiger partial charge < -0.3 is 9.64 Å². The number of nitrogens with one attached hydrogen (secondary N) is 1. The lowest BCUT2D eigenvalue weighted by atomic mass is 10.1. The number of benzene rings is 2. The molecule has 1 saturated heterocycles. The smallest absolute Gasteiger partial charge is 0.150 e. The second-order valence-corrected chi connectivity index (χ2v) is 5.59. The highest BCUT2D eigenvalue weighted by atomic mass is 35.5. The Balaban J connectivity index is 0.000000617. The van der Waals surface area contributed by atoms with Gasteiger partial charge in [0, 0.05) is 17.1 Å². The van der Waals surface area contributed by atoms with Crippen LogP contribution in [0.4, 0.5) is 5.69 Å². The third-order valence-electron chi connectivity index (χ3n) is 3.89. The standard InChI is InChI=1S/C16H15ClN2O.C2H6.CH4/c17-11-6-7-15-13(10-11)19-9-3-8-18-16(19)12-4-1-2-5-14(12)20-15;1-2;/h1-2,4-7,10,16,18H,3,8-9H2;1-2H3;1H4. The molecule has 0 amide bonds. The summed E-state index contributed by atoms with van der Waals surface area (Å²) in [6.45, 7) is 6.02. The van der Waals surface area contributed by atoms with Crippen LogP contribution in [-0.4, -0.2) is 13.1 Å². The minimum Gasteiger partial charge on any atom is -0.455 e. The molecule has 2 aliphatic rings. The Hall–Kier alpha value is -1.71. The van der Waals surface area contributed by atoms with Crippen LogP contribution < -0.4 is 15.0 Å². The second-order valence-electron chi connectivity index (χ2n) is 5.16. The van der Waals surface area contributed by atoms with Crippen molar-refractivity contribution >= 4 is 17.3 Å². The zero-order chi connectivity index (χ0) is 15.5. The first-order valence-corrected chi connectivity index (χ1v) is 8.27. The maximum atomic E-state index is 6.17. The van der Waals surface area contributed by atoms with Crippen LogP contribution in [0.25, 0.3) is 0 Å². The van der Waals surface area contributed by atoms with Crippen molar-refractivity contribution in [2.45, 2.75) is 33.9 Å². The van der Waals surface area contributed by atoms with Crippen molar-refractivity contribution in [1.29, 1.82) is 0 Å². The number of ether oxygens (including phenoxy) is 1. The Labute approximate surface area is 144 Å². The fraction of sp³-hybridized carbons (Fsp3) is 0.368. The van der Waals surface area contributed by atoms with E-state index in [0.29, 0.717) is 0 Å². The summed E-state index contributed by atoms with van der Waals surface area (Å²) in [7, 11) is 0. The van der Waals surface area contributed by atoms with Crippen molar-refractivity contribution in [2.24, 2.45) is 0 Å². The fourth-order valence-corrected chi connectivity index (χ4v) is 3.15. The summed E-state index contributed by atoms with van der Waals surface area (Å²) in [6.07, 6.45) is 1.27. The van der Waals surface area contributed by atoms with Crippen molar-refractivity contribution < 1.29 is 4.74 Å². The molecule has 2 aliphatic heterocycles. The molecule has 0 aromatic heterocycles. The Morgan fingerprint density at radius 3 is 2.74 bits per heavy atom. The van der Waals surface area contributed by atoms with E-state index in [-0.39, 0.29) is 13.6 Å². The van der Waals surface area contributed by atoms with Gasteiger partial charge in [-0.15, -0.1) is 0 Å². The van der Waals surface area contributed by atoms with Gasteiger partial charge in [-0.05, 0) is 37.2 Å². The summed E-state index contributed by atoms with van der Waals surface area (Å²) in [6, 6.07) is 14.0. The molecule has 4 heteroatoms. The van der Waals surface area contributed by atoms with Gasteiger partial charge in [-0.3, -0.25) is 5.32 Å². The van der Waals surface area contributed by atoms with Gasteiger partial charge in [0.1, 0.15) is 11.9 Å². The SMILES string of the molecule is C.CC.Clc1ccc2c(c1)N1CCCNC1c1ccccc1O2. The van der Waals surface area contributed by atoms with Crippen molar-refractivity contribution in [1.82, 2.24) is 5.32 Å². The zero-order valence-electron chi connectivity index (χ0n) is 13.0. The molecule has 2 aromatic carbocycles. The van der Waals surface area contributed by atoms with Crippen LogP contribution in [0.1, 0.15) is 39.4 Å². The lowest BCUT2D eigenvalue weighted by Crippen LogP contribution is -2.44. The van der Waals surface area contributed by atoms with Gasteiger partial charge in [-0.2, -0.15) is 0 Å². The van der Waals surface area contributed by atoms with Crippen molar-refractivity contribution in [3.05, 3.63) is 53.1 Å². The Morgan fingerprint density at radius 1 is 1.13 bits per heavy atom. The minimum absolute atomic E-state index is 0.